The molecule has 1 heterocycles. The van der Waals surface area contributed by atoms with Crippen molar-refractivity contribution < 1.29 is 40.2 Å². The minimum atomic E-state index is -0.846. The quantitative estimate of drug-likeness (QED) is 0.119. The second-order valence-electron chi connectivity index (χ2n) is 13.0. The zero-order valence-electron chi connectivity index (χ0n) is 28.9. The van der Waals surface area contributed by atoms with Crippen LogP contribution in [0.2, 0.25) is 0 Å². The fourth-order valence-electron chi connectivity index (χ4n) is 6.10. The van der Waals surface area contributed by atoms with Crippen LogP contribution in [0.1, 0.15) is 48.5 Å². The molecule has 0 spiro atoms. The molecule has 1 fully saturated rings. The lowest BCUT2D eigenvalue weighted by molar-refractivity contribution is 0.0870. The summed E-state index contributed by atoms with van der Waals surface area (Å²) in [5.41, 5.74) is 4.04. The summed E-state index contributed by atoms with van der Waals surface area (Å²) in [6.45, 7) is 7.47. The van der Waals surface area contributed by atoms with Crippen molar-refractivity contribution in [3.8, 4) is 11.5 Å². The molecule has 272 valence electrons. The molecule has 1 aliphatic heterocycles. The van der Waals surface area contributed by atoms with Crippen LogP contribution in [0.3, 0.4) is 0 Å². The van der Waals surface area contributed by atoms with Crippen LogP contribution in [0.5, 0.6) is 11.5 Å². The Labute approximate surface area is 293 Å². The minimum Gasteiger partial charge on any atom is -0.507 e. The van der Waals surface area contributed by atoms with E-state index in [9.17, 15) is 40.2 Å². The van der Waals surface area contributed by atoms with Crippen LogP contribution in [0, 0.1) is 13.8 Å². The van der Waals surface area contributed by atoms with Gasteiger partial charge >= 0.3 is 0 Å². The van der Waals surface area contributed by atoms with Crippen LogP contribution >= 0.6 is 0 Å². The van der Waals surface area contributed by atoms with Gasteiger partial charge < -0.3 is 41.3 Å². The predicted molar refractivity (Wildman–Crippen MR) is 189 cm³/mol. The molecule has 0 atom stereocenters. The molecule has 0 saturated carbocycles. The van der Waals surface area contributed by atoms with Gasteiger partial charge in [-0.25, -0.2) is 0 Å². The fraction of sp³-hybridized carbons (Fsp3) is 0.459. The maximum Gasteiger partial charge on any atom is 0.255 e. The van der Waals surface area contributed by atoms with Gasteiger partial charge in [0.1, 0.15) is 11.5 Å². The summed E-state index contributed by atoms with van der Waals surface area (Å²) in [4.78, 5) is 32.8. The average molecular weight is 694 g/mol. The Balaban J connectivity index is 1.59. The van der Waals surface area contributed by atoms with E-state index < -0.39 is 50.3 Å². The normalized spacial score (nSPS) is 15.1. The van der Waals surface area contributed by atoms with Crippen molar-refractivity contribution in [1.29, 1.82) is 0 Å². The second-order valence-corrected chi connectivity index (χ2v) is 13.0. The van der Waals surface area contributed by atoms with Gasteiger partial charge in [0.15, 0.2) is 0 Å². The molecular weight excluding hydrogens is 642 g/mol. The van der Waals surface area contributed by atoms with Gasteiger partial charge in [0.2, 0.25) is 0 Å². The number of nitrogens with one attached hydrogen (secondary N) is 2. The van der Waals surface area contributed by atoms with Crippen LogP contribution in [0.4, 0.5) is 0 Å². The largest absolute Gasteiger partial charge is 0.507 e. The van der Waals surface area contributed by atoms with E-state index in [1.807, 2.05) is 44.2 Å². The first-order valence-electron chi connectivity index (χ1n) is 17.0. The Morgan fingerprint density at radius 2 is 0.960 bits per heavy atom. The number of phenols is 2. The third-order valence-electron chi connectivity index (χ3n) is 8.94. The molecule has 0 aliphatic carbocycles. The van der Waals surface area contributed by atoms with Crippen LogP contribution in [-0.4, -0.2) is 135 Å². The van der Waals surface area contributed by atoms with E-state index in [4.69, 9.17) is 0 Å². The molecule has 0 aromatic heterocycles. The van der Waals surface area contributed by atoms with Crippen molar-refractivity contribution in [2.45, 2.75) is 45.6 Å². The van der Waals surface area contributed by atoms with Gasteiger partial charge in [-0.15, -0.1) is 0 Å². The average Bonchev–Trinajstić information content (AvgIpc) is 3.20. The lowest BCUT2D eigenvalue weighted by Gasteiger charge is -2.27. The van der Waals surface area contributed by atoms with Gasteiger partial charge in [-0.3, -0.25) is 24.3 Å². The van der Waals surface area contributed by atoms with Crippen molar-refractivity contribution in [1.82, 2.24) is 25.3 Å². The molecule has 50 heavy (non-hydrogen) atoms. The zero-order valence-corrected chi connectivity index (χ0v) is 28.9. The molecule has 1 saturated heterocycles. The molecule has 1 aliphatic rings. The van der Waals surface area contributed by atoms with E-state index in [2.05, 4.69) is 37.5 Å². The number of carbonyl (C=O) groups excluding carboxylic acids is 2. The van der Waals surface area contributed by atoms with Gasteiger partial charge in [0.25, 0.3) is 11.8 Å². The van der Waals surface area contributed by atoms with E-state index in [0.717, 1.165) is 30.8 Å². The molecule has 4 rings (SSSR count). The zero-order chi connectivity index (χ0) is 36.2. The number of rotatable bonds is 14. The number of benzene rings is 3. The third-order valence-corrected chi connectivity index (χ3v) is 8.94. The summed E-state index contributed by atoms with van der Waals surface area (Å²) in [7, 11) is 0. The van der Waals surface area contributed by atoms with Gasteiger partial charge in [0, 0.05) is 70.0 Å². The maximum atomic E-state index is 13.0. The maximum absolute atomic E-state index is 13.0. The number of aliphatic hydroxyl groups excluding tert-OH is 4. The van der Waals surface area contributed by atoms with Crippen LogP contribution in [-0.2, 0) is 19.6 Å². The molecule has 0 bridgehead atoms. The Hall–Kier alpha value is -4.08. The number of hydrogen-bond donors (Lipinski definition) is 8. The number of nitrogens with zero attached hydrogens (tertiary/aromatic N) is 3. The van der Waals surface area contributed by atoms with E-state index >= 15 is 0 Å². The molecule has 2 amide bonds. The SMILES string of the molecule is Cc1cc(CN2CCN(Cc3ccccc3)CCN(Cc3cc(C)cc(C(=O)NC(CO)CO)c3O)CC2)c(O)c(C(=O)NC(CO)CO)c1. The van der Waals surface area contributed by atoms with Crippen molar-refractivity contribution in [3.05, 3.63) is 93.5 Å². The highest BCUT2D eigenvalue weighted by atomic mass is 16.3. The topological polar surface area (TPSA) is 189 Å². The number of amides is 2. The smallest absolute Gasteiger partial charge is 0.255 e. The fourth-order valence-corrected chi connectivity index (χ4v) is 6.10. The van der Waals surface area contributed by atoms with Crippen molar-refractivity contribution in [3.63, 3.8) is 0 Å². The predicted octanol–water partition coefficient (Wildman–Crippen LogP) is 0.701. The molecule has 13 nitrogen and oxygen atoms in total. The van der Waals surface area contributed by atoms with E-state index in [0.29, 0.717) is 50.4 Å². The first-order valence-corrected chi connectivity index (χ1v) is 17.0. The van der Waals surface area contributed by atoms with Gasteiger partial charge in [-0.1, -0.05) is 42.5 Å². The number of carbonyl (C=O) groups is 2. The van der Waals surface area contributed by atoms with Crippen LogP contribution in [0.15, 0.2) is 54.6 Å². The Bertz CT molecular complexity index is 1470. The highest BCUT2D eigenvalue weighted by Crippen LogP contribution is 2.28. The lowest BCUT2D eigenvalue weighted by Crippen LogP contribution is -2.40. The van der Waals surface area contributed by atoms with Gasteiger partial charge in [-0.2, -0.15) is 0 Å². The van der Waals surface area contributed by atoms with Crippen LogP contribution < -0.4 is 10.6 Å². The summed E-state index contributed by atoms with van der Waals surface area (Å²) in [5.74, 6) is -1.47. The summed E-state index contributed by atoms with van der Waals surface area (Å²) in [6, 6.07) is 15.4. The molecule has 0 unspecified atom stereocenters. The van der Waals surface area contributed by atoms with E-state index in [-0.39, 0.29) is 22.6 Å². The van der Waals surface area contributed by atoms with Crippen molar-refractivity contribution in [2.24, 2.45) is 0 Å². The Morgan fingerprint density at radius 3 is 1.32 bits per heavy atom. The van der Waals surface area contributed by atoms with Gasteiger partial charge in [0.05, 0.1) is 49.6 Å². The summed E-state index contributed by atoms with van der Waals surface area (Å²) < 4.78 is 0. The number of aliphatic hydroxyl groups is 4. The van der Waals surface area contributed by atoms with Crippen molar-refractivity contribution in [2.75, 3.05) is 65.7 Å². The summed E-state index contributed by atoms with van der Waals surface area (Å²) in [5, 5.41) is 65.3. The Kier molecular flexibility index (Phi) is 14.5. The first kappa shape index (κ1) is 38.7. The van der Waals surface area contributed by atoms with Gasteiger partial charge in [-0.05, 0) is 42.7 Å². The number of phenolic OH excluding ortho intramolecular Hbond substituents is 2. The van der Waals surface area contributed by atoms with E-state index in [1.54, 1.807) is 12.1 Å². The van der Waals surface area contributed by atoms with E-state index in [1.165, 1.54) is 5.56 Å². The summed E-state index contributed by atoms with van der Waals surface area (Å²) >= 11 is 0. The highest BCUT2D eigenvalue weighted by Gasteiger charge is 2.24. The molecule has 8 N–H and O–H groups in total. The molecule has 13 heteroatoms. The number of aromatic hydroxyl groups is 2. The molecule has 3 aromatic rings. The number of hydrogen-bond acceptors (Lipinski definition) is 11. The summed E-state index contributed by atoms with van der Waals surface area (Å²) in [6.07, 6.45) is 0. The second kappa shape index (κ2) is 18.8. The molecule has 0 radical (unpaired) electrons. The number of aryl methyl sites for hydroxylation is 2. The molecule has 3 aromatic carbocycles. The Morgan fingerprint density at radius 1 is 0.600 bits per heavy atom. The highest BCUT2D eigenvalue weighted by molar-refractivity contribution is 5.98. The minimum absolute atomic E-state index is 0.0718. The van der Waals surface area contributed by atoms with Crippen LogP contribution in [0.25, 0.3) is 0 Å². The molecular formula is C37H51N5O8. The standard InChI is InChI=1S/C37H51N5O8/c1-25-14-28(34(47)32(16-25)36(49)38-30(21-43)22-44)19-41-10-8-40(18-27-6-4-3-5-7-27)9-11-42(13-12-41)20-29-15-26(2)17-33(35(29)48)37(50)39-31(23-45)24-46/h3-7,14-17,30-31,43-48H,8-13,18-24H2,1-2H3,(H,38,49)(H,39,50). The first-order chi connectivity index (χ1) is 24.0. The monoisotopic (exact) mass is 693 g/mol. The lowest BCUT2D eigenvalue weighted by atomic mass is 10.0. The third kappa shape index (κ3) is 10.7. The van der Waals surface area contributed by atoms with Crippen molar-refractivity contribution >= 4 is 11.8 Å².